The van der Waals surface area contributed by atoms with Crippen molar-refractivity contribution in [2.75, 3.05) is 0 Å². The summed E-state index contributed by atoms with van der Waals surface area (Å²) in [4.78, 5) is 8.70. The van der Waals surface area contributed by atoms with Crippen molar-refractivity contribution in [1.29, 1.82) is 0 Å². The van der Waals surface area contributed by atoms with Crippen molar-refractivity contribution in [1.82, 2.24) is 9.97 Å². The molecule has 2 heteroatoms. The second-order valence-corrected chi connectivity index (χ2v) is 3.93. The highest BCUT2D eigenvalue weighted by Crippen LogP contribution is 2.27. The van der Waals surface area contributed by atoms with Crippen LogP contribution in [0.3, 0.4) is 0 Å². The van der Waals surface area contributed by atoms with E-state index in [9.17, 15) is 0 Å². The van der Waals surface area contributed by atoms with Gasteiger partial charge in [-0.2, -0.15) is 0 Å². The fourth-order valence-electron chi connectivity index (χ4n) is 1.91. The van der Waals surface area contributed by atoms with Crippen LogP contribution in [0.1, 0.15) is 1.37 Å². The van der Waals surface area contributed by atoms with E-state index in [1.165, 1.54) is 6.20 Å². The Morgan fingerprint density at radius 1 is 0.667 bits per heavy atom. The van der Waals surface area contributed by atoms with E-state index in [0.717, 1.165) is 22.5 Å². The van der Waals surface area contributed by atoms with E-state index in [0.29, 0.717) is 0 Å². The van der Waals surface area contributed by atoms with Gasteiger partial charge in [0.15, 0.2) is 0 Å². The van der Waals surface area contributed by atoms with Crippen molar-refractivity contribution in [2.24, 2.45) is 0 Å². The Kier molecular flexibility index (Phi) is 2.54. The van der Waals surface area contributed by atoms with Crippen LogP contribution in [0.5, 0.6) is 0 Å². The third-order valence-electron chi connectivity index (χ3n) is 2.75. The smallest absolute Gasteiger partial charge is 0.0965 e. The van der Waals surface area contributed by atoms with E-state index in [1.807, 2.05) is 60.7 Å². The second-order valence-electron chi connectivity index (χ2n) is 3.93. The van der Waals surface area contributed by atoms with Gasteiger partial charge in [0.1, 0.15) is 0 Å². The lowest BCUT2D eigenvalue weighted by Crippen LogP contribution is -1.91. The summed E-state index contributed by atoms with van der Waals surface area (Å²) < 4.78 is 7.67. The summed E-state index contributed by atoms with van der Waals surface area (Å²) >= 11 is 0. The number of hydrogen-bond donors (Lipinski definition) is 0. The Balaban J connectivity index is 2.21. The molecule has 18 heavy (non-hydrogen) atoms. The van der Waals surface area contributed by atoms with E-state index in [1.54, 1.807) is 0 Å². The monoisotopic (exact) mass is 233 g/mol. The predicted molar refractivity (Wildman–Crippen MR) is 72.9 cm³/mol. The standard InChI is InChI=1S/C16H12N2/c1-3-7-13(8-4-1)15-16(18-12-11-17-15)14-9-5-2-6-10-14/h1-12H/i11D. The van der Waals surface area contributed by atoms with Gasteiger partial charge in [-0.3, -0.25) is 9.97 Å². The number of nitrogens with zero attached hydrogens (tertiary/aromatic N) is 2. The van der Waals surface area contributed by atoms with E-state index in [2.05, 4.69) is 9.97 Å². The largest absolute Gasteiger partial charge is 0.252 e. The number of hydrogen-bond acceptors (Lipinski definition) is 2. The fourth-order valence-corrected chi connectivity index (χ4v) is 1.91. The molecule has 2 aromatic carbocycles. The van der Waals surface area contributed by atoms with Crippen molar-refractivity contribution in [3.63, 3.8) is 0 Å². The van der Waals surface area contributed by atoms with Crippen LogP contribution in [-0.4, -0.2) is 9.97 Å². The Bertz CT molecular complexity index is 682. The highest BCUT2D eigenvalue weighted by atomic mass is 14.8. The Morgan fingerprint density at radius 2 is 1.17 bits per heavy atom. The number of rotatable bonds is 2. The minimum Gasteiger partial charge on any atom is -0.252 e. The molecule has 0 atom stereocenters. The third kappa shape index (κ3) is 2.00. The van der Waals surface area contributed by atoms with Crippen molar-refractivity contribution in [3.8, 4) is 22.5 Å². The normalized spacial score (nSPS) is 11.0. The first-order chi connectivity index (χ1) is 9.34. The van der Waals surface area contributed by atoms with Gasteiger partial charge in [0, 0.05) is 23.5 Å². The lowest BCUT2D eigenvalue weighted by Gasteiger charge is -2.07. The van der Waals surface area contributed by atoms with E-state index >= 15 is 0 Å². The van der Waals surface area contributed by atoms with Gasteiger partial charge in [-0.05, 0) is 0 Å². The van der Waals surface area contributed by atoms with E-state index < -0.39 is 0 Å². The number of aromatic nitrogens is 2. The molecule has 1 heterocycles. The molecule has 1 aromatic heterocycles. The van der Waals surface area contributed by atoms with Crippen LogP contribution in [0.15, 0.2) is 73.0 Å². The zero-order valence-electron chi connectivity index (χ0n) is 10.7. The molecule has 0 bridgehead atoms. The highest BCUT2D eigenvalue weighted by Gasteiger charge is 2.08. The molecule has 0 saturated carbocycles. The molecule has 2 nitrogen and oxygen atoms in total. The SMILES string of the molecule is [2H]c1cnc(-c2ccccc2)c(-c2ccccc2)n1. The Labute approximate surface area is 107 Å². The van der Waals surface area contributed by atoms with Crippen LogP contribution in [0.25, 0.3) is 22.5 Å². The van der Waals surface area contributed by atoms with Gasteiger partial charge in [0.05, 0.1) is 12.8 Å². The quantitative estimate of drug-likeness (QED) is 0.672. The minimum absolute atomic E-state index is 0.179. The van der Waals surface area contributed by atoms with Crippen molar-refractivity contribution in [3.05, 3.63) is 73.0 Å². The molecular formula is C16H12N2. The van der Waals surface area contributed by atoms with Crippen molar-refractivity contribution >= 4 is 0 Å². The molecule has 0 aliphatic carbocycles. The van der Waals surface area contributed by atoms with Crippen LogP contribution in [0.2, 0.25) is 0 Å². The molecule has 0 aliphatic rings. The first-order valence-electron chi connectivity index (χ1n) is 6.29. The highest BCUT2D eigenvalue weighted by molar-refractivity contribution is 5.77. The maximum Gasteiger partial charge on any atom is 0.0965 e. The molecular weight excluding hydrogens is 220 g/mol. The molecule has 0 N–H and O–H groups in total. The molecule has 86 valence electrons. The summed E-state index contributed by atoms with van der Waals surface area (Å²) in [5.41, 5.74) is 3.54. The third-order valence-corrected chi connectivity index (χ3v) is 2.75. The first kappa shape index (κ1) is 9.54. The van der Waals surface area contributed by atoms with Gasteiger partial charge in [-0.15, -0.1) is 0 Å². The molecule has 0 spiro atoms. The average molecular weight is 233 g/mol. The summed E-state index contributed by atoms with van der Waals surface area (Å²) in [6.45, 7) is 0. The fraction of sp³-hybridized carbons (Fsp3) is 0. The molecule has 0 amide bonds. The van der Waals surface area contributed by atoms with Crippen LogP contribution in [0.4, 0.5) is 0 Å². The van der Waals surface area contributed by atoms with Crippen LogP contribution in [0, 0.1) is 0 Å². The van der Waals surface area contributed by atoms with Gasteiger partial charge in [0.2, 0.25) is 0 Å². The van der Waals surface area contributed by atoms with E-state index in [4.69, 9.17) is 1.37 Å². The zero-order chi connectivity index (χ0) is 13.1. The van der Waals surface area contributed by atoms with Gasteiger partial charge in [0.25, 0.3) is 0 Å². The predicted octanol–water partition coefficient (Wildman–Crippen LogP) is 3.81. The van der Waals surface area contributed by atoms with Crippen LogP contribution >= 0.6 is 0 Å². The van der Waals surface area contributed by atoms with Crippen LogP contribution in [-0.2, 0) is 0 Å². The Morgan fingerprint density at radius 3 is 1.72 bits per heavy atom. The summed E-state index contributed by atoms with van der Waals surface area (Å²) in [5, 5.41) is 0. The maximum absolute atomic E-state index is 7.67. The molecule has 0 aliphatic heterocycles. The topological polar surface area (TPSA) is 25.8 Å². The summed E-state index contributed by atoms with van der Waals surface area (Å²) in [6.07, 6.45) is 1.66. The number of benzene rings is 2. The molecule has 0 saturated heterocycles. The summed E-state index contributed by atoms with van der Waals surface area (Å²) in [5.74, 6) is 0. The van der Waals surface area contributed by atoms with E-state index in [-0.39, 0.29) is 6.17 Å². The second kappa shape index (κ2) is 4.80. The molecule has 0 fully saturated rings. The zero-order valence-corrected chi connectivity index (χ0v) is 9.75. The first-order valence-corrected chi connectivity index (χ1v) is 5.79. The maximum atomic E-state index is 7.67. The van der Waals surface area contributed by atoms with Gasteiger partial charge in [-0.25, -0.2) is 0 Å². The van der Waals surface area contributed by atoms with Crippen molar-refractivity contribution in [2.45, 2.75) is 0 Å². The van der Waals surface area contributed by atoms with Crippen LogP contribution < -0.4 is 0 Å². The molecule has 3 aromatic rings. The minimum atomic E-state index is 0.179. The van der Waals surface area contributed by atoms with Crippen molar-refractivity contribution < 1.29 is 1.37 Å². The van der Waals surface area contributed by atoms with Gasteiger partial charge < -0.3 is 0 Å². The van der Waals surface area contributed by atoms with Gasteiger partial charge >= 0.3 is 0 Å². The molecule has 0 unspecified atom stereocenters. The molecule has 0 radical (unpaired) electrons. The molecule has 3 rings (SSSR count). The van der Waals surface area contributed by atoms with Gasteiger partial charge in [-0.1, -0.05) is 60.7 Å². The average Bonchev–Trinajstić information content (AvgIpc) is 2.49. The summed E-state index contributed by atoms with van der Waals surface area (Å²) in [6, 6.07) is 19.8. The lowest BCUT2D eigenvalue weighted by atomic mass is 10.0. The summed E-state index contributed by atoms with van der Waals surface area (Å²) in [7, 11) is 0. The lowest BCUT2D eigenvalue weighted by molar-refractivity contribution is 1.21. The Hall–Kier alpha value is -2.48.